The standard InChI is InChI=1S/C19H19NO7S/c21-8-13-16(22)17(23)15(19(25)27-13)20-10-4-3-9-6-11(14-2-1-5-28-14)18(24)26-12(9)7-10/h1-7,13,15-17,19-23,25H,8H2/t13?,15?,16-,17-,19?/m1/s1. The molecule has 5 N–H and O–H groups in total. The molecule has 1 saturated heterocycles. The monoisotopic (exact) mass is 405 g/mol. The van der Waals surface area contributed by atoms with Gasteiger partial charge in [0.25, 0.3) is 0 Å². The lowest BCUT2D eigenvalue weighted by Crippen LogP contribution is -2.61. The third kappa shape index (κ3) is 3.44. The fourth-order valence-electron chi connectivity index (χ4n) is 3.25. The summed E-state index contributed by atoms with van der Waals surface area (Å²) >= 11 is 1.44. The molecule has 0 bridgehead atoms. The molecule has 3 unspecified atom stereocenters. The zero-order valence-corrected chi connectivity index (χ0v) is 15.4. The molecule has 28 heavy (non-hydrogen) atoms. The minimum atomic E-state index is -1.44. The highest BCUT2D eigenvalue weighted by Gasteiger charge is 2.43. The molecular formula is C19H19NO7S. The molecule has 1 aromatic carbocycles. The molecule has 1 aliphatic heterocycles. The van der Waals surface area contributed by atoms with Gasteiger partial charge in [-0.3, -0.25) is 0 Å². The number of nitrogens with one attached hydrogen (secondary N) is 1. The van der Waals surface area contributed by atoms with Crippen molar-refractivity contribution >= 4 is 28.0 Å². The SMILES string of the molecule is O=c1oc2cc(NC3C(O)OC(CO)[C@@H](O)[C@@H]3O)ccc2cc1-c1cccs1. The number of thiophene rings is 1. The van der Waals surface area contributed by atoms with Crippen LogP contribution in [0.15, 0.2) is 51.0 Å². The van der Waals surface area contributed by atoms with E-state index in [0.29, 0.717) is 16.8 Å². The number of hydrogen-bond acceptors (Lipinski definition) is 9. The minimum absolute atomic E-state index is 0.338. The molecule has 4 rings (SSSR count). The smallest absolute Gasteiger partial charge is 0.345 e. The van der Waals surface area contributed by atoms with Gasteiger partial charge in [0.05, 0.1) is 12.2 Å². The number of hydrogen-bond donors (Lipinski definition) is 5. The molecule has 1 aliphatic rings. The van der Waals surface area contributed by atoms with Gasteiger partial charge in [0, 0.05) is 22.0 Å². The van der Waals surface area contributed by atoms with E-state index in [9.17, 15) is 20.1 Å². The van der Waals surface area contributed by atoms with Gasteiger partial charge in [0.15, 0.2) is 6.29 Å². The summed E-state index contributed by atoms with van der Waals surface area (Å²) < 4.78 is 10.6. The Morgan fingerprint density at radius 3 is 2.64 bits per heavy atom. The van der Waals surface area contributed by atoms with Crippen LogP contribution in [0.4, 0.5) is 5.69 Å². The van der Waals surface area contributed by atoms with Crippen LogP contribution in [0.1, 0.15) is 0 Å². The summed E-state index contributed by atoms with van der Waals surface area (Å²) in [5.41, 5.74) is 0.813. The van der Waals surface area contributed by atoms with Crippen molar-refractivity contribution in [1.82, 2.24) is 0 Å². The van der Waals surface area contributed by atoms with Gasteiger partial charge in [-0.05, 0) is 29.6 Å². The summed E-state index contributed by atoms with van der Waals surface area (Å²) in [5.74, 6) is 0. The summed E-state index contributed by atoms with van der Waals surface area (Å²) in [6, 6.07) is 9.42. The Hall–Kier alpha value is -2.27. The Morgan fingerprint density at radius 2 is 1.93 bits per heavy atom. The first-order valence-electron chi connectivity index (χ1n) is 8.67. The van der Waals surface area contributed by atoms with Gasteiger partial charge in [-0.25, -0.2) is 4.79 Å². The third-order valence-electron chi connectivity index (χ3n) is 4.76. The Kier molecular flexibility index (Phi) is 5.19. The van der Waals surface area contributed by atoms with E-state index in [0.717, 1.165) is 10.3 Å². The molecule has 5 atom stereocenters. The maximum atomic E-state index is 12.3. The van der Waals surface area contributed by atoms with E-state index in [1.54, 1.807) is 24.3 Å². The molecule has 0 spiro atoms. The molecule has 1 fully saturated rings. The summed E-state index contributed by atoms with van der Waals surface area (Å²) in [7, 11) is 0. The van der Waals surface area contributed by atoms with Crippen LogP contribution in [-0.4, -0.2) is 57.7 Å². The summed E-state index contributed by atoms with van der Waals surface area (Å²) in [5, 5.41) is 44.9. The van der Waals surface area contributed by atoms with Crippen LogP contribution in [0.5, 0.6) is 0 Å². The van der Waals surface area contributed by atoms with Gasteiger partial charge in [-0.15, -0.1) is 11.3 Å². The van der Waals surface area contributed by atoms with E-state index in [1.165, 1.54) is 11.3 Å². The molecule has 0 radical (unpaired) electrons. The maximum absolute atomic E-state index is 12.3. The molecule has 3 heterocycles. The lowest BCUT2D eigenvalue weighted by atomic mass is 9.97. The number of ether oxygens (including phenoxy) is 1. The van der Waals surface area contributed by atoms with E-state index in [4.69, 9.17) is 14.3 Å². The number of aliphatic hydroxyl groups is 4. The average molecular weight is 405 g/mol. The normalized spacial score (nSPS) is 27.8. The molecule has 0 amide bonds. The van der Waals surface area contributed by atoms with E-state index >= 15 is 0 Å². The molecule has 2 aromatic heterocycles. The summed E-state index contributed by atoms with van der Waals surface area (Å²) in [4.78, 5) is 13.1. The third-order valence-corrected chi connectivity index (χ3v) is 5.66. The maximum Gasteiger partial charge on any atom is 0.345 e. The summed E-state index contributed by atoms with van der Waals surface area (Å²) in [6.45, 7) is -0.532. The largest absolute Gasteiger partial charge is 0.422 e. The second-order valence-corrected chi connectivity index (χ2v) is 7.52. The number of fused-ring (bicyclic) bond motifs is 1. The number of anilines is 1. The lowest BCUT2D eigenvalue weighted by molar-refractivity contribution is -0.245. The molecule has 3 aromatic rings. The Morgan fingerprint density at radius 1 is 1.11 bits per heavy atom. The van der Waals surface area contributed by atoms with Crippen molar-refractivity contribution in [2.24, 2.45) is 0 Å². The van der Waals surface area contributed by atoms with Crippen LogP contribution in [0.25, 0.3) is 21.4 Å². The first kappa shape index (κ1) is 19.1. The zero-order chi connectivity index (χ0) is 19.8. The highest BCUT2D eigenvalue weighted by Crippen LogP contribution is 2.28. The van der Waals surface area contributed by atoms with Gasteiger partial charge < -0.3 is 34.9 Å². The van der Waals surface area contributed by atoms with Crippen LogP contribution < -0.4 is 10.9 Å². The topological polar surface area (TPSA) is 132 Å². The fourth-order valence-corrected chi connectivity index (χ4v) is 3.98. The number of rotatable bonds is 4. The molecule has 0 saturated carbocycles. The van der Waals surface area contributed by atoms with Crippen LogP contribution in [-0.2, 0) is 4.74 Å². The molecule has 148 valence electrons. The second-order valence-electron chi connectivity index (χ2n) is 6.58. The quantitative estimate of drug-likeness (QED) is 0.402. The van der Waals surface area contributed by atoms with Crippen molar-refractivity contribution < 1.29 is 29.6 Å². The molecule has 0 aliphatic carbocycles. The lowest BCUT2D eigenvalue weighted by Gasteiger charge is -2.40. The highest BCUT2D eigenvalue weighted by atomic mass is 32.1. The molecule has 8 nitrogen and oxygen atoms in total. The second kappa shape index (κ2) is 7.63. The predicted molar refractivity (Wildman–Crippen MR) is 103 cm³/mol. The first-order valence-corrected chi connectivity index (χ1v) is 9.55. The van der Waals surface area contributed by atoms with E-state index in [2.05, 4.69) is 5.32 Å². The average Bonchev–Trinajstić information content (AvgIpc) is 3.22. The van der Waals surface area contributed by atoms with E-state index < -0.39 is 42.9 Å². The van der Waals surface area contributed by atoms with Crippen molar-refractivity contribution in [3.63, 3.8) is 0 Å². The first-order chi connectivity index (χ1) is 13.5. The summed E-state index contributed by atoms with van der Waals surface area (Å²) in [6.07, 6.45) is -5.25. The van der Waals surface area contributed by atoms with Gasteiger partial charge >= 0.3 is 5.63 Å². The van der Waals surface area contributed by atoms with Gasteiger partial charge in [-0.2, -0.15) is 0 Å². The van der Waals surface area contributed by atoms with E-state index in [1.807, 2.05) is 17.5 Å². The zero-order valence-electron chi connectivity index (χ0n) is 14.6. The van der Waals surface area contributed by atoms with Crippen LogP contribution >= 0.6 is 11.3 Å². The van der Waals surface area contributed by atoms with Crippen LogP contribution in [0, 0.1) is 0 Å². The van der Waals surface area contributed by atoms with Gasteiger partial charge in [-0.1, -0.05) is 6.07 Å². The molecular weight excluding hydrogens is 386 g/mol. The Balaban J connectivity index is 1.62. The Labute approximate surface area is 163 Å². The van der Waals surface area contributed by atoms with Crippen molar-refractivity contribution in [3.8, 4) is 10.4 Å². The molecule has 9 heteroatoms. The van der Waals surface area contributed by atoms with Crippen LogP contribution in [0.3, 0.4) is 0 Å². The van der Waals surface area contributed by atoms with Gasteiger partial charge in [0.1, 0.15) is 29.9 Å². The Bertz CT molecular complexity index is 1020. The van der Waals surface area contributed by atoms with Crippen molar-refractivity contribution in [2.45, 2.75) is 30.6 Å². The van der Waals surface area contributed by atoms with Crippen molar-refractivity contribution in [2.75, 3.05) is 11.9 Å². The fraction of sp³-hybridized carbons (Fsp3) is 0.316. The number of benzene rings is 1. The number of aliphatic hydroxyl groups excluding tert-OH is 4. The van der Waals surface area contributed by atoms with Crippen molar-refractivity contribution in [1.29, 1.82) is 0 Å². The predicted octanol–water partition coefficient (Wildman–Crippen LogP) is 0.733. The van der Waals surface area contributed by atoms with Crippen LogP contribution in [0.2, 0.25) is 0 Å². The highest BCUT2D eigenvalue weighted by molar-refractivity contribution is 7.13. The van der Waals surface area contributed by atoms with Gasteiger partial charge in [0.2, 0.25) is 0 Å². The minimum Gasteiger partial charge on any atom is -0.422 e. The van der Waals surface area contributed by atoms with Crippen molar-refractivity contribution in [3.05, 3.63) is 52.2 Å². The van der Waals surface area contributed by atoms with E-state index in [-0.39, 0.29) is 0 Å².